The number of ether oxygens (including phenoxy) is 1. The van der Waals surface area contributed by atoms with Gasteiger partial charge in [-0.05, 0) is 6.92 Å². The number of nitrogens with one attached hydrogen (secondary N) is 1. The first kappa shape index (κ1) is 14.6. The summed E-state index contributed by atoms with van der Waals surface area (Å²) in [5.41, 5.74) is 5.57. The zero-order valence-corrected chi connectivity index (χ0v) is 10.8. The first-order valence-electron chi connectivity index (χ1n) is 6.03. The van der Waals surface area contributed by atoms with Crippen LogP contribution in [0.5, 0.6) is 0 Å². The maximum absolute atomic E-state index is 9.98. The van der Waals surface area contributed by atoms with Crippen LogP contribution in [-0.4, -0.2) is 61.8 Å². The average molecular weight is 283 g/mol. The monoisotopic (exact) mass is 283 g/mol. The Labute approximate surface area is 114 Å². The molecule has 0 saturated carbocycles. The van der Waals surface area contributed by atoms with Crippen molar-refractivity contribution in [3.05, 3.63) is 12.0 Å². The van der Waals surface area contributed by atoms with Gasteiger partial charge in [0.25, 0.3) is 0 Å². The van der Waals surface area contributed by atoms with Crippen LogP contribution in [0.2, 0.25) is 0 Å². The molecule has 1 aromatic rings. The zero-order chi connectivity index (χ0) is 14.9. The van der Waals surface area contributed by atoms with Gasteiger partial charge >= 0.3 is 0 Å². The van der Waals surface area contributed by atoms with E-state index in [1.54, 1.807) is 6.92 Å². The molecule has 20 heavy (non-hydrogen) atoms. The summed E-state index contributed by atoms with van der Waals surface area (Å²) in [6.07, 6.45) is -1.50. The van der Waals surface area contributed by atoms with E-state index in [9.17, 15) is 10.2 Å². The van der Waals surface area contributed by atoms with Gasteiger partial charge in [-0.15, -0.1) is 0 Å². The molecule has 0 radical (unpaired) electrons. The number of nitrogen functional groups attached to an aromatic ring is 1. The molecule has 1 saturated heterocycles. The van der Waals surface area contributed by atoms with Crippen LogP contribution >= 0.6 is 0 Å². The molecule has 0 amide bonds. The Morgan fingerprint density at radius 3 is 2.80 bits per heavy atom. The van der Waals surface area contributed by atoms with E-state index in [4.69, 9.17) is 21.0 Å². The Kier molecular flexibility index (Phi) is 4.14. The fourth-order valence-electron chi connectivity index (χ4n) is 2.09. The summed E-state index contributed by atoms with van der Waals surface area (Å²) >= 11 is 0. The Morgan fingerprint density at radius 2 is 2.30 bits per heavy atom. The van der Waals surface area contributed by atoms with Crippen molar-refractivity contribution < 1.29 is 20.1 Å². The maximum Gasteiger partial charge on any atom is 0.165 e. The van der Waals surface area contributed by atoms with Crippen molar-refractivity contribution in [3.63, 3.8) is 0 Å². The van der Waals surface area contributed by atoms with E-state index in [1.807, 2.05) is 0 Å². The number of aliphatic hydroxyl groups is 3. The summed E-state index contributed by atoms with van der Waals surface area (Å²) in [5, 5.41) is 36.3. The Hall–Kier alpha value is -1.81. The van der Waals surface area contributed by atoms with Crippen LogP contribution in [-0.2, 0) is 4.74 Å². The first-order chi connectivity index (χ1) is 9.51. The number of imidazole rings is 1. The standard InChI is InChI=1S/C11H17N5O4/c1-2-14-10-6(9(12)13)15-4-16(10)11-8(19)7(18)5(3-17)20-11/h2,4-5,7-8,11,17-19H,3H2,1H3,(H3,12,13)/b14-2-/t5-,7-,8-,11-/m1/s1. The smallest absolute Gasteiger partial charge is 0.165 e. The van der Waals surface area contributed by atoms with Gasteiger partial charge in [0.05, 0.1) is 12.9 Å². The van der Waals surface area contributed by atoms with E-state index in [0.717, 1.165) is 0 Å². The molecule has 9 nitrogen and oxygen atoms in total. The molecule has 1 aliphatic rings. The lowest BCUT2D eigenvalue weighted by Crippen LogP contribution is -2.33. The summed E-state index contributed by atoms with van der Waals surface area (Å²) in [5.74, 6) is -0.0223. The highest BCUT2D eigenvalue weighted by Crippen LogP contribution is 2.33. The molecule has 0 bridgehead atoms. The van der Waals surface area contributed by atoms with Crippen LogP contribution in [0.3, 0.4) is 0 Å². The van der Waals surface area contributed by atoms with E-state index >= 15 is 0 Å². The van der Waals surface area contributed by atoms with Gasteiger partial charge in [0.15, 0.2) is 12.0 Å². The second kappa shape index (κ2) is 5.67. The van der Waals surface area contributed by atoms with Gasteiger partial charge in [-0.25, -0.2) is 9.98 Å². The number of aliphatic imine (C=N–C) groups is 1. The number of nitrogens with two attached hydrogens (primary N) is 1. The van der Waals surface area contributed by atoms with Gasteiger partial charge in [-0.3, -0.25) is 9.98 Å². The lowest BCUT2D eigenvalue weighted by Gasteiger charge is -2.17. The third-order valence-corrected chi connectivity index (χ3v) is 3.07. The molecule has 4 atom stereocenters. The molecule has 1 fully saturated rings. The molecule has 1 aromatic heterocycles. The summed E-state index contributed by atoms with van der Waals surface area (Å²) in [4.78, 5) is 8.02. The molecular weight excluding hydrogens is 266 g/mol. The Balaban J connectivity index is 2.41. The fraction of sp³-hybridized carbons (Fsp3) is 0.545. The van der Waals surface area contributed by atoms with Gasteiger partial charge in [-0.2, -0.15) is 0 Å². The van der Waals surface area contributed by atoms with E-state index in [1.165, 1.54) is 17.1 Å². The molecule has 2 heterocycles. The van der Waals surface area contributed by atoms with Crippen LogP contribution in [0.1, 0.15) is 18.8 Å². The average Bonchev–Trinajstić information content (AvgIpc) is 2.94. The molecule has 1 aliphatic heterocycles. The number of hydrogen-bond acceptors (Lipinski definition) is 7. The van der Waals surface area contributed by atoms with Crippen LogP contribution in [0.25, 0.3) is 0 Å². The first-order valence-corrected chi connectivity index (χ1v) is 6.03. The highest BCUT2D eigenvalue weighted by atomic mass is 16.6. The van der Waals surface area contributed by atoms with Crippen molar-refractivity contribution in [2.24, 2.45) is 10.7 Å². The van der Waals surface area contributed by atoms with Crippen LogP contribution < -0.4 is 5.73 Å². The van der Waals surface area contributed by atoms with Crippen molar-refractivity contribution in [1.29, 1.82) is 5.41 Å². The number of nitrogens with zero attached hydrogens (tertiary/aromatic N) is 3. The fourth-order valence-corrected chi connectivity index (χ4v) is 2.09. The van der Waals surface area contributed by atoms with Crippen LogP contribution in [0.4, 0.5) is 5.82 Å². The molecule has 9 heteroatoms. The van der Waals surface area contributed by atoms with Crippen LogP contribution in [0.15, 0.2) is 11.3 Å². The topological polar surface area (TPSA) is 150 Å². The number of amidine groups is 1. The van der Waals surface area contributed by atoms with Gasteiger partial charge in [-0.1, -0.05) is 0 Å². The summed E-state index contributed by atoms with van der Waals surface area (Å²) < 4.78 is 6.76. The summed E-state index contributed by atoms with van der Waals surface area (Å²) in [6.45, 7) is 1.26. The lowest BCUT2D eigenvalue weighted by molar-refractivity contribution is -0.0519. The number of hydrogen-bond donors (Lipinski definition) is 5. The minimum Gasteiger partial charge on any atom is -0.394 e. The van der Waals surface area contributed by atoms with E-state index in [-0.39, 0.29) is 17.3 Å². The van der Waals surface area contributed by atoms with Crippen molar-refractivity contribution in [2.75, 3.05) is 6.61 Å². The third-order valence-electron chi connectivity index (χ3n) is 3.07. The molecule has 110 valence electrons. The van der Waals surface area contributed by atoms with Gasteiger partial charge in [0, 0.05) is 6.21 Å². The second-order valence-corrected chi connectivity index (χ2v) is 4.35. The largest absolute Gasteiger partial charge is 0.394 e. The van der Waals surface area contributed by atoms with E-state index in [2.05, 4.69) is 9.98 Å². The summed E-state index contributed by atoms with van der Waals surface area (Å²) in [6, 6.07) is 0. The lowest BCUT2D eigenvalue weighted by atomic mass is 10.1. The molecule has 0 spiro atoms. The number of aromatic nitrogens is 2. The minimum absolute atomic E-state index is 0.154. The van der Waals surface area contributed by atoms with Gasteiger partial charge in [0.2, 0.25) is 0 Å². The predicted octanol–water partition coefficient (Wildman–Crippen LogP) is -1.50. The zero-order valence-electron chi connectivity index (χ0n) is 10.8. The van der Waals surface area contributed by atoms with Gasteiger partial charge < -0.3 is 25.8 Å². The Bertz CT molecular complexity index is 529. The summed E-state index contributed by atoms with van der Waals surface area (Å²) in [7, 11) is 0. The minimum atomic E-state index is -1.24. The highest BCUT2D eigenvalue weighted by Gasteiger charge is 2.44. The third kappa shape index (κ3) is 2.31. The normalized spacial score (nSPS) is 30.2. The molecule has 0 aromatic carbocycles. The molecule has 0 unspecified atom stereocenters. The molecule has 2 rings (SSSR count). The van der Waals surface area contributed by atoms with E-state index in [0.29, 0.717) is 0 Å². The molecule has 6 N–H and O–H groups in total. The highest BCUT2D eigenvalue weighted by molar-refractivity contribution is 5.97. The van der Waals surface area contributed by atoms with Crippen molar-refractivity contribution in [3.8, 4) is 0 Å². The second-order valence-electron chi connectivity index (χ2n) is 4.35. The molecular formula is C11H17N5O4. The quantitative estimate of drug-likeness (QED) is 0.335. The van der Waals surface area contributed by atoms with Crippen molar-refractivity contribution >= 4 is 17.9 Å². The van der Waals surface area contributed by atoms with E-state index < -0.39 is 31.1 Å². The van der Waals surface area contributed by atoms with Gasteiger partial charge in [0.1, 0.15) is 29.8 Å². The number of aliphatic hydroxyl groups excluding tert-OH is 3. The van der Waals surface area contributed by atoms with Crippen molar-refractivity contribution in [1.82, 2.24) is 9.55 Å². The Morgan fingerprint density at radius 1 is 1.60 bits per heavy atom. The SMILES string of the molecule is C/C=N\c1c(C(=N)N)ncn1[C@@H]1O[C@H](CO)[C@@H](O)[C@H]1O. The number of rotatable bonds is 4. The van der Waals surface area contributed by atoms with Crippen molar-refractivity contribution in [2.45, 2.75) is 31.5 Å². The molecule has 0 aliphatic carbocycles. The predicted molar refractivity (Wildman–Crippen MR) is 70.1 cm³/mol. The maximum atomic E-state index is 9.98. The van der Waals surface area contributed by atoms with Crippen LogP contribution in [0, 0.1) is 5.41 Å².